The molecule has 0 bridgehead atoms. The third kappa shape index (κ3) is 4.51. The minimum Gasteiger partial charge on any atom is -0.377 e. The molecule has 2 saturated heterocycles. The van der Waals surface area contributed by atoms with Crippen LogP contribution in [0.4, 0.5) is 0 Å². The van der Waals surface area contributed by atoms with E-state index in [4.69, 9.17) is 4.74 Å². The first-order valence-corrected chi connectivity index (χ1v) is 10.2. The first kappa shape index (κ1) is 20.6. The molecule has 2 aliphatic heterocycles. The summed E-state index contributed by atoms with van der Waals surface area (Å²) in [6.07, 6.45) is 2.88. The fraction of sp³-hybridized carbons (Fsp3) is 0.941. The zero-order chi connectivity index (χ0) is 16.3. The van der Waals surface area contributed by atoms with E-state index in [1.54, 1.807) is 0 Å². The van der Waals surface area contributed by atoms with E-state index >= 15 is 0 Å². The van der Waals surface area contributed by atoms with Crippen molar-refractivity contribution in [1.29, 1.82) is 0 Å². The van der Waals surface area contributed by atoms with Crippen LogP contribution in [-0.4, -0.2) is 74.3 Å². The van der Waals surface area contributed by atoms with Gasteiger partial charge in [0.2, 0.25) is 0 Å². The lowest BCUT2D eigenvalue weighted by molar-refractivity contribution is -0.188. The molecule has 5 nitrogen and oxygen atoms in total. The second kappa shape index (κ2) is 9.28. The number of nitrogens with zero attached hydrogens (tertiary/aromatic N) is 2. The van der Waals surface area contributed by atoms with Crippen LogP contribution >= 0.6 is 35.7 Å². The van der Waals surface area contributed by atoms with Gasteiger partial charge in [0.05, 0.1) is 6.10 Å². The Bertz CT molecular complexity index is 429. The van der Waals surface area contributed by atoms with Crippen LogP contribution in [-0.2, 0) is 4.74 Å². The molecule has 0 aromatic heterocycles. The molecule has 0 radical (unpaired) electrons. The Kier molecular flexibility index (Phi) is 7.96. The molecule has 3 aliphatic rings. The molecule has 3 rings (SSSR count). The van der Waals surface area contributed by atoms with Crippen LogP contribution in [0.25, 0.3) is 0 Å². The molecule has 0 aromatic carbocycles. The Labute approximate surface area is 168 Å². The minimum atomic E-state index is 0. The maximum atomic E-state index is 5.99. The summed E-state index contributed by atoms with van der Waals surface area (Å²) < 4.78 is 5.99. The van der Waals surface area contributed by atoms with Crippen LogP contribution in [0.1, 0.15) is 26.7 Å². The lowest BCUT2D eigenvalue weighted by atomic mass is 9.55. The lowest BCUT2D eigenvalue weighted by Gasteiger charge is -2.60. The van der Waals surface area contributed by atoms with E-state index in [1.807, 2.05) is 7.05 Å². The zero-order valence-electron chi connectivity index (χ0n) is 15.2. The standard InChI is InChI=1S/C17H32N4OS.HI/c1-17(2)14(13-5-4-10-22-15(13)17)20-16(18-3)19-6-7-21-8-11-23-12-9-21;/h13-15H,4-12H2,1-3H3,(H2,18,19,20);1H. The summed E-state index contributed by atoms with van der Waals surface area (Å²) in [5.41, 5.74) is 0.187. The Hall–Kier alpha value is 0.270. The van der Waals surface area contributed by atoms with Crippen LogP contribution in [0.5, 0.6) is 0 Å². The van der Waals surface area contributed by atoms with Gasteiger partial charge in [-0.15, -0.1) is 24.0 Å². The Morgan fingerprint density at radius 3 is 2.79 bits per heavy atom. The van der Waals surface area contributed by atoms with Gasteiger partial charge in [-0.2, -0.15) is 11.8 Å². The van der Waals surface area contributed by atoms with Crippen LogP contribution in [0, 0.1) is 11.3 Å². The predicted octanol–water partition coefficient (Wildman–Crippen LogP) is 2.02. The van der Waals surface area contributed by atoms with Gasteiger partial charge in [-0.1, -0.05) is 13.8 Å². The zero-order valence-corrected chi connectivity index (χ0v) is 18.4. The number of halogens is 1. The van der Waals surface area contributed by atoms with Gasteiger partial charge in [-0.3, -0.25) is 9.89 Å². The second-order valence-corrected chi connectivity index (χ2v) is 8.72. The fourth-order valence-corrected chi connectivity index (χ4v) is 5.29. The molecule has 0 amide bonds. The predicted molar refractivity (Wildman–Crippen MR) is 114 cm³/mol. The van der Waals surface area contributed by atoms with Crippen LogP contribution < -0.4 is 10.6 Å². The van der Waals surface area contributed by atoms with Crippen molar-refractivity contribution in [2.24, 2.45) is 16.3 Å². The fourth-order valence-electron chi connectivity index (χ4n) is 4.31. The van der Waals surface area contributed by atoms with Gasteiger partial charge in [0, 0.05) is 68.7 Å². The number of ether oxygens (including phenoxy) is 1. The molecule has 3 atom stereocenters. The molecule has 0 spiro atoms. The first-order valence-electron chi connectivity index (χ1n) is 9.02. The highest BCUT2D eigenvalue weighted by atomic mass is 127. The number of hydrogen-bond donors (Lipinski definition) is 2. The van der Waals surface area contributed by atoms with E-state index in [0.29, 0.717) is 18.1 Å². The van der Waals surface area contributed by atoms with Crippen molar-refractivity contribution in [1.82, 2.24) is 15.5 Å². The Balaban J connectivity index is 0.00000208. The third-order valence-corrected chi connectivity index (χ3v) is 6.61. The highest BCUT2D eigenvalue weighted by Crippen LogP contribution is 2.51. The van der Waals surface area contributed by atoms with E-state index in [2.05, 4.69) is 46.1 Å². The van der Waals surface area contributed by atoms with E-state index in [9.17, 15) is 0 Å². The topological polar surface area (TPSA) is 48.9 Å². The number of nitrogens with one attached hydrogen (secondary N) is 2. The number of fused-ring (bicyclic) bond motifs is 1. The van der Waals surface area contributed by atoms with Crippen molar-refractivity contribution in [3.8, 4) is 0 Å². The number of rotatable bonds is 4. The molecular weight excluding hydrogens is 435 g/mol. The third-order valence-electron chi connectivity index (χ3n) is 5.67. The summed E-state index contributed by atoms with van der Waals surface area (Å²) >= 11 is 2.06. The SMILES string of the molecule is CN=C(NCCN1CCSCC1)NC1C2CCCOC2C1(C)C.I. The van der Waals surface area contributed by atoms with Gasteiger partial charge in [-0.25, -0.2) is 0 Å². The van der Waals surface area contributed by atoms with E-state index in [1.165, 1.54) is 37.4 Å². The van der Waals surface area contributed by atoms with E-state index < -0.39 is 0 Å². The summed E-state index contributed by atoms with van der Waals surface area (Å²) in [7, 11) is 1.87. The highest BCUT2D eigenvalue weighted by Gasteiger charge is 2.58. The maximum Gasteiger partial charge on any atom is 0.191 e. The van der Waals surface area contributed by atoms with Gasteiger partial charge in [-0.05, 0) is 12.8 Å². The van der Waals surface area contributed by atoms with Crippen molar-refractivity contribution in [3.63, 3.8) is 0 Å². The number of aliphatic imine (C=N–C) groups is 1. The number of guanidine groups is 1. The normalized spacial score (nSPS) is 33.0. The molecule has 3 fully saturated rings. The maximum absolute atomic E-state index is 5.99. The van der Waals surface area contributed by atoms with Crippen LogP contribution in [0.15, 0.2) is 4.99 Å². The first-order chi connectivity index (χ1) is 11.1. The summed E-state index contributed by atoms with van der Waals surface area (Å²) in [6.45, 7) is 10.1. The van der Waals surface area contributed by atoms with Crippen molar-refractivity contribution in [3.05, 3.63) is 0 Å². The van der Waals surface area contributed by atoms with E-state index in [-0.39, 0.29) is 29.4 Å². The van der Waals surface area contributed by atoms with Crippen molar-refractivity contribution in [2.75, 3.05) is 51.3 Å². The molecule has 140 valence electrons. The van der Waals surface area contributed by atoms with Gasteiger partial charge in [0.15, 0.2) is 5.96 Å². The molecule has 2 heterocycles. The average molecular weight is 468 g/mol. The largest absolute Gasteiger partial charge is 0.377 e. The van der Waals surface area contributed by atoms with Crippen molar-refractivity contribution in [2.45, 2.75) is 38.8 Å². The summed E-state index contributed by atoms with van der Waals surface area (Å²) in [6, 6.07) is 0.463. The van der Waals surface area contributed by atoms with Gasteiger partial charge in [0.25, 0.3) is 0 Å². The number of hydrogen-bond acceptors (Lipinski definition) is 4. The van der Waals surface area contributed by atoms with Crippen LogP contribution in [0.3, 0.4) is 0 Å². The molecule has 1 aliphatic carbocycles. The van der Waals surface area contributed by atoms with Crippen molar-refractivity contribution >= 4 is 41.7 Å². The smallest absolute Gasteiger partial charge is 0.191 e. The van der Waals surface area contributed by atoms with Gasteiger partial charge >= 0.3 is 0 Å². The summed E-state index contributed by atoms with van der Waals surface area (Å²) in [5, 5.41) is 7.17. The lowest BCUT2D eigenvalue weighted by Crippen LogP contribution is -2.71. The second-order valence-electron chi connectivity index (χ2n) is 7.49. The minimum absolute atomic E-state index is 0. The van der Waals surface area contributed by atoms with Gasteiger partial charge in [0.1, 0.15) is 0 Å². The monoisotopic (exact) mass is 468 g/mol. The summed E-state index contributed by atoms with van der Waals surface area (Å²) in [4.78, 5) is 6.96. The molecule has 7 heteroatoms. The molecule has 1 saturated carbocycles. The molecule has 24 heavy (non-hydrogen) atoms. The average Bonchev–Trinajstić information content (AvgIpc) is 2.58. The molecule has 3 unspecified atom stereocenters. The summed E-state index contributed by atoms with van der Waals surface area (Å²) in [5.74, 6) is 4.12. The van der Waals surface area contributed by atoms with Crippen LogP contribution in [0.2, 0.25) is 0 Å². The van der Waals surface area contributed by atoms with E-state index in [0.717, 1.165) is 25.7 Å². The quantitative estimate of drug-likeness (QED) is 0.376. The highest BCUT2D eigenvalue weighted by molar-refractivity contribution is 14.0. The van der Waals surface area contributed by atoms with Gasteiger partial charge < -0.3 is 15.4 Å². The molecular formula is C17H33IN4OS. The number of thioether (sulfide) groups is 1. The molecule has 0 aromatic rings. The Morgan fingerprint density at radius 2 is 2.08 bits per heavy atom. The Morgan fingerprint density at radius 1 is 1.33 bits per heavy atom. The molecule has 2 N–H and O–H groups in total. The van der Waals surface area contributed by atoms with Crippen molar-refractivity contribution < 1.29 is 4.74 Å².